The number of carbonyl (C=O) groups excluding carboxylic acids is 2. The van der Waals surface area contributed by atoms with Crippen LogP contribution < -0.4 is 5.32 Å². The highest BCUT2D eigenvalue weighted by Crippen LogP contribution is 2.42. The molecule has 1 spiro atoms. The van der Waals surface area contributed by atoms with Crippen molar-refractivity contribution >= 4 is 29.3 Å². The number of allylic oxidation sites excluding steroid dienone is 3. The fourth-order valence-electron chi connectivity index (χ4n) is 3.83. The summed E-state index contributed by atoms with van der Waals surface area (Å²) in [5.41, 5.74) is -0.314. The summed E-state index contributed by atoms with van der Waals surface area (Å²) in [6, 6.07) is 3.68. The number of fused-ring (bicyclic) bond motifs is 2. The zero-order chi connectivity index (χ0) is 19.8. The van der Waals surface area contributed by atoms with E-state index in [4.69, 9.17) is 21.1 Å². The van der Waals surface area contributed by atoms with E-state index in [2.05, 4.69) is 10.3 Å². The lowest BCUT2D eigenvalue weighted by atomic mass is 9.83. The Labute approximate surface area is 168 Å². The number of anilines is 1. The number of ketones is 1. The fourth-order valence-corrected chi connectivity index (χ4v) is 3.98. The van der Waals surface area contributed by atoms with Crippen molar-refractivity contribution in [3.8, 4) is 0 Å². The lowest BCUT2D eigenvalue weighted by molar-refractivity contribution is -0.122. The molecule has 8 heteroatoms. The van der Waals surface area contributed by atoms with Gasteiger partial charge in [0, 0.05) is 18.7 Å². The summed E-state index contributed by atoms with van der Waals surface area (Å²) in [6.07, 6.45) is 7.63. The van der Waals surface area contributed by atoms with Crippen molar-refractivity contribution in [2.45, 2.75) is 25.4 Å². The van der Waals surface area contributed by atoms with Crippen LogP contribution in [0.25, 0.3) is 0 Å². The van der Waals surface area contributed by atoms with Gasteiger partial charge in [-0.3, -0.25) is 4.79 Å². The van der Waals surface area contributed by atoms with Gasteiger partial charge in [-0.25, -0.2) is 9.78 Å². The highest BCUT2D eigenvalue weighted by molar-refractivity contribution is 6.29. The standard InChI is InChI=1S/C20H22ClN3O4/c1-19(7-3-2-4-15(19)25)12-27-18(26)24-10-8-20(9-11-24)14-5-6-16(21)23-17(14)22-13-28-20/h2-7H,8-13H2,1H3,(H,22,23). The van der Waals surface area contributed by atoms with Crippen molar-refractivity contribution in [2.75, 3.05) is 31.7 Å². The number of halogens is 1. The topological polar surface area (TPSA) is 80.8 Å². The first-order chi connectivity index (χ1) is 13.4. The maximum Gasteiger partial charge on any atom is 0.409 e. The minimum Gasteiger partial charge on any atom is -0.448 e. The number of likely N-dealkylation sites (tertiary alicyclic amines) is 1. The summed E-state index contributed by atoms with van der Waals surface area (Å²) in [5.74, 6) is 0.671. The molecular weight excluding hydrogens is 382 g/mol. The molecule has 1 atom stereocenters. The Balaban J connectivity index is 1.38. The van der Waals surface area contributed by atoms with E-state index >= 15 is 0 Å². The van der Waals surface area contributed by atoms with Crippen LogP contribution in [0, 0.1) is 5.41 Å². The van der Waals surface area contributed by atoms with Crippen LogP contribution >= 0.6 is 11.6 Å². The van der Waals surface area contributed by atoms with Gasteiger partial charge in [-0.2, -0.15) is 0 Å². The lowest BCUT2D eigenvalue weighted by Gasteiger charge is -2.44. The fraction of sp³-hybridized carbons (Fsp3) is 0.450. The molecule has 0 saturated carbocycles. The zero-order valence-corrected chi connectivity index (χ0v) is 16.4. The first-order valence-corrected chi connectivity index (χ1v) is 9.67. The van der Waals surface area contributed by atoms with Crippen LogP contribution in [0.2, 0.25) is 5.15 Å². The highest BCUT2D eigenvalue weighted by Gasteiger charge is 2.43. The first kappa shape index (κ1) is 19.0. The van der Waals surface area contributed by atoms with E-state index in [1.807, 2.05) is 6.07 Å². The van der Waals surface area contributed by atoms with Crippen LogP contribution in [0.3, 0.4) is 0 Å². The van der Waals surface area contributed by atoms with Gasteiger partial charge in [0.2, 0.25) is 0 Å². The summed E-state index contributed by atoms with van der Waals surface area (Å²) < 4.78 is 11.5. The Bertz CT molecular complexity index is 861. The van der Waals surface area contributed by atoms with Crippen LogP contribution in [0.4, 0.5) is 10.6 Å². The lowest BCUT2D eigenvalue weighted by Crippen LogP contribution is -2.49. The minimum atomic E-state index is -0.802. The third kappa shape index (κ3) is 3.40. The third-order valence-corrected chi connectivity index (χ3v) is 5.86. The van der Waals surface area contributed by atoms with Gasteiger partial charge < -0.3 is 19.7 Å². The third-order valence-electron chi connectivity index (χ3n) is 5.65. The van der Waals surface area contributed by atoms with Crippen molar-refractivity contribution in [1.29, 1.82) is 0 Å². The maximum atomic E-state index is 12.5. The molecule has 0 aromatic carbocycles. The zero-order valence-electron chi connectivity index (χ0n) is 15.6. The predicted octanol–water partition coefficient (Wildman–Crippen LogP) is 3.26. The van der Waals surface area contributed by atoms with Crippen molar-refractivity contribution in [2.24, 2.45) is 5.41 Å². The molecule has 28 heavy (non-hydrogen) atoms. The average molecular weight is 404 g/mol. The Hall–Kier alpha value is -2.38. The number of nitrogens with one attached hydrogen (secondary N) is 1. The van der Waals surface area contributed by atoms with Crippen molar-refractivity contribution in [3.63, 3.8) is 0 Å². The van der Waals surface area contributed by atoms with Crippen LogP contribution in [0.5, 0.6) is 0 Å². The molecule has 3 aliphatic rings. The minimum absolute atomic E-state index is 0.0266. The van der Waals surface area contributed by atoms with E-state index in [-0.39, 0.29) is 12.4 Å². The second-order valence-electron chi connectivity index (χ2n) is 7.53. The Morgan fingerprint density at radius 2 is 2.14 bits per heavy atom. The van der Waals surface area contributed by atoms with Gasteiger partial charge in [-0.1, -0.05) is 29.8 Å². The largest absolute Gasteiger partial charge is 0.448 e. The maximum absolute atomic E-state index is 12.5. The quantitative estimate of drug-likeness (QED) is 0.763. The van der Waals surface area contributed by atoms with Crippen LogP contribution in [-0.4, -0.2) is 48.2 Å². The van der Waals surface area contributed by atoms with Crippen molar-refractivity contribution in [1.82, 2.24) is 9.88 Å². The highest BCUT2D eigenvalue weighted by atomic mass is 35.5. The summed E-state index contributed by atoms with van der Waals surface area (Å²) in [5, 5.41) is 3.54. The van der Waals surface area contributed by atoms with E-state index < -0.39 is 17.1 Å². The molecule has 3 heterocycles. The molecule has 4 rings (SSSR count). The second kappa shape index (κ2) is 7.22. The predicted molar refractivity (Wildman–Crippen MR) is 104 cm³/mol. The van der Waals surface area contributed by atoms with Gasteiger partial charge in [0.25, 0.3) is 0 Å². The molecule has 0 bridgehead atoms. The molecule has 1 aromatic rings. The number of hydrogen-bond acceptors (Lipinski definition) is 6. The van der Waals surface area contributed by atoms with Gasteiger partial charge in [-0.15, -0.1) is 0 Å². The van der Waals surface area contributed by atoms with Crippen LogP contribution in [-0.2, 0) is 19.9 Å². The van der Waals surface area contributed by atoms with E-state index in [0.29, 0.717) is 37.8 Å². The summed E-state index contributed by atoms with van der Waals surface area (Å²) in [4.78, 5) is 30.6. The molecule has 0 radical (unpaired) electrons. The summed E-state index contributed by atoms with van der Waals surface area (Å²) in [7, 11) is 0. The number of nitrogens with zero attached hydrogens (tertiary/aromatic N) is 2. The summed E-state index contributed by atoms with van der Waals surface area (Å²) in [6.45, 7) is 3.15. The van der Waals surface area contributed by atoms with Gasteiger partial charge in [-0.05, 0) is 38.0 Å². The van der Waals surface area contributed by atoms with Crippen LogP contribution in [0.1, 0.15) is 25.3 Å². The molecule has 1 aromatic heterocycles. The van der Waals surface area contributed by atoms with E-state index in [9.17, 15) is 9.59 Å². The monoisotopic (exact) mass is 403 g/mol. The Morgan fingerprint density at radius 3 is 2.89 bits per heavy atom. The molecular formula is C20H22ClN3O4. The number of pyridine rings is 1. The molecule has 1 saturated heterocycles. The molecule has 1 N–H and O–H groups in total. The average Bonchev–Trinajstić information content (AvgIpc) is 2.69. The molecule has 2 aliphatic heterocycles. The molecule has 1 fully saturated rings. The van der Waals surface area contributed by atoms with E-state index in [1.165, 1.54) is 6.08 Å². The number of ether oxygens (including phenoxy) is 2. The van der Waals surface area contributed by atoms with Gasteiger partial charge in [0.1, 0.15) is 29.9 Å². The number of amides is 1. The second-order valence-corrected chi connectivity index (χ2v) is 7.92. The molecule has 148 valence electrons. The number of rotatable bonds is 2. The normalized spacial score (nSPS) is 25.4. The number of hydrogen-bond donors (Lipinski definition) is 1. The number of piperidine rings is 1. The summed E-state index contributed by atoms with van der Waals surface area (Å²) >= 11 is 5.99. The Kier molecular flexibility index (Phi) is 4.89. The van der Waals surface area contributed by atoms with Gasteiger partial charge in [0.05, 0.1) is 5.41 Å². The van der Waals surface area contributed by atoms with Gasteiger partial charge >= 0.3 is 6.09 Å². The molecule has 7 nitrogen and oxygen atoms in total. The van der Waals surface area contributed by atoms with E-state index in [1.54, 1.807) is 36.1 Å². The number of carbonyl (C=O) groups is 2. The smallest absolute Gasteiger partial charge is 0.409 e. The SMILES string of the molecule is CC1(COC(=O)N2CCC3(CC2)OCNc2nc(Cl)ccc23)C=CC=CC1=O. The Morgan fingerprint density at radius 1 is 1.36 bits per heavy atom. The number of aromatic nitrogens is 1. The first-order valence-electron chi connectivity index (χ1n) is 9.29. The molecule has 1 amide bonds. The molecule has 1 unspecified atom stereocenters. The van der Waals surface area contributed by atoms with Crippen LogP contribution in [0.15, 0.2) is 36.4 Å². The van der Waals surface area contributed by atoms with E-state index in [0.717, 1.165) is 11.4 Å². The van der Waals surface area contributed by atoms with Crippen molar-refractivity contribution in [3.05, 3.63) is 47.2 Å². The van der Waals surface area contributed by atoms with Gasteiger partial charge in [0.15, 0.2) is 5.78 Å². The van der Waals surface area contributed by atoms with Crippen molar-refractivity contribution < 1.29 is 19.1 Å². The molecule has 1 aliphatic carbocycles.